The van der Waals surface area contributed by atoms with Crippen molar-refractivity contribution in [2.75, 3.05) is 25.5 Å². The summed E-state index contributed by atoms with van der Waals surface area (Å²) in [5, 5.41) is 13.8. The number of quaternary nitrogens is 1. The molecule has 0 spiro atoms. The van der Waals surface area contributed by atoms with Gasteiger partial charge in [-0.05, 0) is 67.6 Å². The van der Waals surface area contributed by atoms with Crippen molar-refractivity contribution >= 4 is 51.6 Å². The minimum absolute atomic E-state index is 0.0589. The molecule has 0 radical (unpaired) electrons. The van der Waals surface area contributed by atoms with Crippen molar-refractivity contribution in [1.82, 2.24) is 0 Å². The zero-order valence-electron chi connectivity index (χ0n) is 24.8. The third-order valence-electron chi connectivity index (χ3n) is 8.36. The number of nitrogens with two attached hydrogens (primary N) is 1. The Kier molecular flexibility index (Phi) is 10.0. The zero-order chi connectivity index (χ0) is 31.3. The number of aromatic hydroxyl groups is 1. The van der Waals surface area contributed by atoms with Gasteiger partial charge in [0.15, 0.2) is 11.0 Å². The Morgan fingerprint density at radius 2 is 1.84 bits per heavy atom. The fraction of sp³-hybridized carbons (Fsp3) is 0.394. The van der Waals surface area contributed by atoms with Crippen LogP contribution in [0.25, 0.3) is 0 Å². The number of hydrogen-bond donors (Lipinski definition) is 3. The number of urea groups is 1. The van der Waals surface area contributed by atoms with E-state index in [4.69, 9.17) is 22.1 Å². The highest BCUT2D eigenvalue weighted by molar-refractivity contribution is 7.18. The Balaban J connectivity index is 1.44. The topological polar surface area (TPSA) is 122 Å². The number of amides is 3. The molecule has 1 saturated carbocycles. The van der Waals surface area contributed by atoms with Crippen molar-refractivity contribution in [3.05, 3.63) is 81.7 Å². The van der Waals surface area contributed by atoms with Crippen LogP contribution in [0.1, 0.15) is 59.3 Å². The van der Waals surface area contributed by atoms with Crippen molar-refractivity contribution in [3.63, 3.8) is 0 Å². The van der Waals surface area contributed by atoms with E-state index in [0.717, 1.165) is 66.8 Å². The van der Waals surface area contributed by atoms with Crippen LogP contribution in [0.5, 0.6) is 5.75 Å². The number of ether oxygens (including phenoxy) is 1. The Hall–Kier alpha value is -3.73. The Bertz CT molecular complexity index is 1550. The van der Waals surface area contributed by atoms with Crippen LogP contribution in [0, 0.1) is 0 Å². The van der Waals surface area contributed by atoms with Crippen molar-refractivity contribution in [3.8, 4) is 5.75 Å². The number of rotatable bonds is 9. The molecule has 0 bridgehead atoms. The number of piperidine rings is 1. The molecule has 2 fully saturated rings. The van der Waals surface area contributed by atoms with Crippen LogP contribution in [-0.4, -0.2) is 70.1 Å². The molecule has 2 aromatic carbocycles. The number of hydrogen-bond acceptors (Lipinski definition) is 6. The van der Waals surface area contributed by atoms with Crippen LogP contribution in [-0.2, 0) is 22.5 Å². The monoisotopic (exact) mass is 638 g/mol. The minimum atomic E-state index is -0.973. The van der Waals surface area contributed by atoms with Gasteiger partial charge in [0.25, 0.3) is 5.91 Å². The Labute approximate surface area is 266 Å². The number of benzene rings is 2. The van der Waals surface area contributed by atoms with E-state index >= 15 is 0 Å². The summed E-state index contributed by atoms with van der Waals surface area (Å²) in [5.41, 5.74) is 8.63. The molecule has 1 aromatic heterocycles. The van der Waals surface area contributed by atoms with Crippen LogP contribution >= 0.6 is 22.9 Å². The van der Waals surface area contributed by atoms with Gasteiger partial charge in [-0.25, -0.2) is 4.79 Å². The number of primary amides is 1. The number of thiophene rings is 1. The average Bonchev–Trinajstić information content (AvgIpc) is 3.66. The van der Waals surface area contributed by atoms with Crippen molar-refractivity contribution in [1.29, 1.82) is 0 Å². The normalized spacial score (nSPS) is 20.6. The number of carbonyl (C=O) groups excluding carboxylic acids is 3. The van der Waals surface area contributed by atoms with Crippen LogP contribution in [0.3, 0.4) is 0 Å². The van der Waals surface area contributed by atoms with E-state index in [1.807, 2.05) is 24.3 Å². The maximum absolute atomic E-state index is 14.1. The number of likely N-dealkylation sites (tertiary alicyclic amines) is 1. The second-order valence-electron chi connectivity index (χ2n) is 12.0. The number of esters is 1. The summed E-state index contributed by atoms with van der Waals surface area (Å²) in [7, 11) is 2.14. The van der Waals surface area contributed by atoms with Crippen LogP contribution in [0.4, 0.5) is 9.80 Å². The molecule has 4 N–H and O–H groups in total. The molecule has 1 saturated heterocycles. The van der Waals surface area contributed by atoms with Gasteiger partial charge in [-0.3, -0.25) is 4.79 Å². The molecule has 11 heteroatoms. The highest BCUT2D eigenvalue weighted by atomic mass is 35.5. The van der Waals surface area contributed by atoms with Gasteiger partial charge in [-0.1, -0.05) is 47.2 Å². The number of nitrogens with one attached hydrogen (secondary N) is 1. The summed E-state index contributed by atoms with van der Waals surface area (Å²) in [5.74, 6) is -0.922. The summed E-state index contributed by atoms with van der Waals surface area (Å²) >= 11 is 7.41. The van der Waals surface area contributed by atoms with Crippen LogP contribution < -0.4 is 11.1 Å². The lowest BCUT2D eigenvalue weighted by atomic mass is 10.0. The lowest BCUT2D eigenvalue weighted by molar-refractivity contribution is -0.918. The summed E-state index contributed by atoms with van der Waals surface area (Å²) in [6, 6.07) is 16.1. The van der Waals surface area contributed by atoms with E-state index in [-0.39, 0.29) is 18.3 Å². The van der Waals surface area contributed by atoms with E-state index in [1.54, 1.807) is 36.4 Å². The lowest BCUT2D eigenvalue weighted by Crippen LogP contribution is -2.56. The van der Waals surface area contributed by atoms with E-state index in [9.17, 15) is 19.5 Å². The highest BCUT2D eigenvalue weighted by Crippen LogP contribution is 2.28. The number of phenols is 1. The van der Waals surface area contributed by atoms with Crippen LogP contribution in [0.2, 0.25) is 5.02 Å². The maximum Gasteiger partial charge on any atom is 0.497 e. The predicted octanol–water partition coefficient (Wildman–Crippen LogP) is 5.73. The molecule has 2 heterocycles. The number of carbonyl (C=O) groups is 3. The molecule has 3 amide bonds. The van der Waals surface area contributed by atoms with E-state index in [1.165, 1.54) is 4.58 Å². The number of halogens is 1. The SMILES string of the molecule is C[N+]1(Cc2cccc(Cl)c2)CCC/C(=[N+](/C(=O)Nc2ccc(C(=O)OC3CCCC3)s2)[C@@H](Cc2ccc(O)cc2)C(N)=O)C1. The molecule has 44 heavy (non-hydrogen) atoms. The number of nitrogens with zero attached hydrogens (tertiary/aromatic N) is 2. The van der Waals surface area contributed by atoms with Gasteiger partial charge in [0.05, 0.1) is 13.6 Å². The van der Waals surface area contributed by atoms with Crippen molar-refractivity contribution in [2.24, 2.45) is 5.73 Å². The first-order chi connectivity index (χ1) is 21.1. The average molecular weight is 639 g/mol. The molecule has 5 rings (SSSR count). The molecular formula is C33H39ClN4O5S+2. The van der Waals surface area contributed by atoms with Crippen molar-refractivity contribution < 1.29 is 33.3 Å². The Morgan fingerprint density at radius 1 is 1.09 bits per heavy atom. The minimum Gasteiger partial charge on any atom is -0.508 e. The number of anilines is 1. The Morgan fingerprint density at radius 3 is 2.55 bits per heavy atom. The lowest BCUT2D eigenvalue weighted by Gasteiger charge is -2.38. The van der Waals surface area contributed by atoms with Gasteiger partial charge in [0, 0.05) is 29.8 Å². The van der Waals surface area contributed by atoms with Gasteiger partial charge < -0.3 is 20.1 Å². The first-order valence-electron chi connectivity index (χ1n) is 15.0. The molecule has 2 aliphatic rings. The zero-order valence-corrected chi connectivity index (χ0v) is 26.4. The molecule has 1 aliphatic heterocycles. The third-order valence-corrected chi connectivity index (χ3v) is 9.57. The summed E-state index contributed by atoms with van der Waals surface area (Å²) < 4.78 is 7.78. The first-order valence-corrected chi connectivity index (χ1v) is 16.2. The summed E-state index contributed by atoms with van der Waals surface area (Å²) in [6.07, 6.45) is 5.42. The second-order valence-corrected chi connectivity index (χ2v) is 13.5. The van der Waals surface area contributed by atoms with Gasteiger partial charge in [-0.2, -0.15) is 14.7 Å². The standard InChI is InChI=1S/C33H37ClN4O5S/c1-38(20-23-6-4-7-24(34)18-23)17-5-8-25(21-38)37(28(31(35)40)19-22-11-13-26(39)14-12-22)33(42)36-30-16-15-29(44-30)32(41)43-27-9-2-3-10-27/h4,6-7,11-16,18,27-28H,2-3,5,8-10,17,19-21H2,1H3,(H2-2,35,36,39,40,41,42)/p+2/b37-25-/t28-,38?/m0/s1. The molecule has 1 unspecified atom stereocenters. The maximum atomic E-state index is 14.1. The fourth-order valence-corrected chi connectivity index (χ4v) is 7.24. The second kappa shape index (κ2) is 13.9. The van der Waals surface area contributed by atoms with Gasteiger partial charge in [0.1, 0.15) is 35.5 Å². The largest absolute Gasteiger partial charge is 0.508 e. The summed E-state index contributed by atoms with van der Waals surface area (Å²) in [4.78, 5) is 40.2. The molecule has 232 valence electrons. The molecular weight excluding hydrogens is 600 g/mol. The third kappa shape index (κ3) is 8.05. The quantitative estimate of drug-likeness (QED) is 0.157. The van der Waals surface area contributed by atoms with E-state index < -0.39 is 23.9 Å². The van der Waals surface area contributed by atoms with Crippen LogP contribution in [0.15, 0.2) is 60.7 Å². The highest BCUT2D eigenvalue weighted by Gasteiger charge is 2.39. The fourth-order valence-electron chi connectivity index (χ4n) is 6.25. The van der Waals surface area contributed by atoms with Crippen molar-refractivity contribution in [2.45, 2.75) is 63.6 Å². The molecule has 2 atom stereocenters. The van der Waals surface area contributed by atoms with E-state index in [2.05, 4.69) is 12.4 Å². The number of phenolic OH excluding ortho intramolecular Hbond substituents is 1. The first kappa shape index (κ1) is 31.7. The summed E-state index contributed by atoms with van der Waals surface area (Å²) in [6.45, 7) is 2.13. The van der Waals surface area contributed by atoms with Gasteiger partial charge >= 0.3 is 12.0 Å². The molecule has 3 aromatic rings. The molecule has 9 nitrogen and oxygen atoms in total. The van der Waals surface area contributed by atoms with Gasteiger partial charge in [0.2, 0.25) is 0 Å². The molecule has 1 aliphatic carbocycles. The van der Waals surface area contributed by atoms with Gasteiger partial charge in [-0.15, -0.1) is 0 Å². The van der Waals surface area contributed by atoms with E-state index in [0.29, 0.717) is 38.9 Å². The smallest absolute Gasteiger partial charge is 0.497 e. The predicted molar refractivity (Wildman–Crippen MR) is 171 cm³/mol.